The Bertz CT molecular complexity index is 6340. The van der Waals surface area contributed by atoms with Crippen molar-refractivity contribution in [3.8, 4) is 101 Å². The van der Waals surface area contributed by atoms with Crippen molar-refractivity contribution in [3.05, 3.63) is 406 Å². The maximum atomic E-state index is 5.39. The van der Waals surface area contributed by atoms with Crippen molar-refractivity contribution in [3.63, 3.8) is 0 Å². The Morgan fingerprint density at radius 1 is 0.296 bits per heavy atom. The third-order valence-corrected chi connectivity index (χ3v) is 20.5. The Morgan fingerprint density at radius 2 is 0.713 bits per heavy atom. The lowest BCUT2D eigenvalue weighted by Gasteiger charge is -2.21. The van der Waals surface area contributed by atoms with Crippen LogP contribution in [0.3, 0.4) is 0 Å². The Morgan fingerprint density at radius 3 is 1.22 bits per heavy atom. The number of aromatic nitrogens is 6. The summed E-state index contributed by atoms with van der Waals surface area (Å²) in [6.45, 7) is 0.811. The van der Waals surface area contributed by atoms with E-state index in [-0.39, 0.29) is 0 Å². The zero-order valence-electron chi connectivity index (χ0n) is 59.3. The van der Waals surface area contributed by atoms with Crippen molar-refractivity contribution in [2.75, 3.05) is 6.54 Å². The fourth-order valence-electron chi connectivity index (χ4n) is 15.5. The molecule has 0 spiro atoms. The lowest BCUT2D eigenvalue weighted by molar-refractivity contribution is 0.883. The van der Waals surface area contributed by atoms with E-state index >= 15 is 0 Å². The van der Waals surface area contributed by atoms with Crippen molar-refractivity contribution in [2.45, 2.75) is 12.8 Å². The maximum Gasteiger partial charge on any atom is 0.160 e. The molecule has 108 heavy (non-hydrogen) atoms. The number of hydrogen-bond donors (Lipinski definition) is 1. The molecule has 0 amide bonds. The summed E-state index contributed by atoms with van der Waals surface area (Å²) in [6.07, 6.45) is 18.4. The molecule has 7 heteroatoms. The number of nitrogens with zero attached hydrogens (tertiary/aromatic N) is 6. The molecule has 4 aromatic heterocycles. The molecule has 1 N–H and O–H groups in total. The van der Waals surface area contributed by atoms with Crippen molar-refractivity contribution in [1.29, 1.82) is 0 Å². The molecular weight excluding hydrogens is 1310 g/mol. The normalized spacial score (nSPS) is 12.5. The summed E-state index contributed by atoms with van der Waals surface area (Å²) in [6, 6.07) is 120. The average Bonchev–Trinajstić information content (AvgIpc) is 0.738. The minimum Gasteiger partial charge on any atom is -0.387 e. The van der Waals surface area contributed by atoms with Crippen molar-refractivity contribution in [2.24, 2.45) is 0 Å². The maximum absolute atomic E-state index is 5.39. The molecule has 18 aromatic rings. The summed E-state index contributed by atoms with van der Waals surface area (Å²) in [5, 5.41) is 16.7. The number of dihydropyridines is 1. The molecule has 14 aromatic carbocycles. The molecule has 1 aliphatic heterocycles. The van der Waals surface area contributed by atoms with E-state index in [1.165, 1.54) is 98.4 Å². The first-order valence-corrected chi connectivity index (χ1v) is 36.8. The van der Waals surface area contributed by atoms with Gasteiger partial charge in [-0.3, -0.25) is 9.97 Å². The van der Waals surface area contributed by atoms with Crippen LogP contribution in [0.2, 0.25) is 0 Å². The second-order valence-corrected chi connectivity index (χ2v) is 27.1. The number of fused-ring (bicyclic) bond motifs is 6. The van der Waals surface area contributed by atoms with Crippen LogP contribution >= 0.6 is 0 Å². The lowest BCUT2D eigenvalue weighted by Crippen LogP contribution is -2.15. The van der Waals surface area contributed by atoms with Gasteiger partial charge in [-0.1, -0.05) is 303 Å². The van der Waals surface area contributed by atoms with Crippen LogP contribution in [0, 0.1) is 0 Å². The molecule has 20 rings (SSSR count). The first-order chi connectivity index (χ1) is 53.6. The summed E-state index contributed by atoms with van der Waals surface area (Å²) < 4.78 is 0. The number of allylic oxidation sites excluding steroid dienone is 5. The van der Waals surface area contributed by atoms with E-state index < -0.39 is 0 Å². The highest BCUT2D eigenvalue weighted by atomic mass is 14.9. The number of pyridine rings is 2. The van der Waals surface area contributed by atoms with E-state index in [0.29, 0.717) is 11.6 Å². The van der Waals surface area contributed by atoms with Crippen LogP contribution in [0.1, 0.15) is 18.5 Å². The number of para-hydroxylation sites is 1. The molecule has 7 nitrogen and oxygen atoms in total. The molecule has 5 heterocycles. The Balaban J connectivity index is 0.000000142. The molecule has 1 aliphatic carbocycles. The van der Waals surface area contributed by atoms with Gasteiger partial charge in [0, 0.05) is 69.5 Å². The molecular formula is C101H71N7. The van der Waals surface area contributed by atoms with E-state index in [1.807, 2.05) is 73.1 Å². The Hall–Kier alpha value is -14.1. The number of rotatable bonds is 11. The van der Waals surface area contributed by atoms with Gasteiger partial charge in [0.2, 0.25) is 0 Å². The average molecular weight is 1380 g/mol. The summed E-state index contributed by atoms with van der Waals surface area (Å²) >= 11 is 0. The van der Waals surface area contributed by atoms with E-state index in [1.54, 1.807) is 12.4 Å². The van der Waals surface area contributed by atoms with Gasteiger partial charge >= 0.3 is 0 Å². The zero-order valence-corrected chi connectivity index (χ0v) is 59.3. The van der Waals surface area contributed by atoms with Crippen molar-refractivity contribution >= 4 is 70.3 Å². The second kappa shape index (κ2) is 29.9. The van der Waals surface area contributed by atoms with Gasteiger partial charge in [0.05, 0.1) is 28.3 Å². The molecule has 0 saturated heterocycles. The molecule has 0 bridgehead atoms. The summed E-state index contributed by atoms with van der Waals surface area (Å²) in [4.78, 5) is 29.6. The first-order valence-electron chi connectivity index (χ1n) is 36.8. The van der Waals surface area contributed by atoms with Gasteiger partial charge in [0.1, 0.15) is 0 Å². The Kier molecular flexibility index (Phi) is 18.2. The van der Waals surface area contributed by atoms with Gasteiger partial charge in [-0.05, 0) is 184 Å². The predicted molar refractivity (Wildman–Crippen MR) is 451 cm³/mol. The van der Waals surface area contributed by atoms with Crippen LogP contribution in [0.4, 0.5) is 0 Å². The SMILES string of the molecule is C1=CNCC(C2=C(c3cc(-c4ccc5ccccc5c4)nc(-c4cccc(-c5c6ccccc6c(-c6ccccc6)c6ccccc56)c4)n3)C=CCC2)=C1.c1ccc(-c2cc(-c3ccccc3)nc(-c3cccc(-c4c5ccccc5c(-c5cnc6ccccc6c5)c5ccccc45)c3)n2)cc1.c1ccncc1. The van der Waals surface area contributed by atoms with Gasteiger partial charge in [-0.15, -0.1) is 0 Å². The van der Waals surface area contributed by atoms with E-state index in [0.717, 1.165) is 97.6 Å². The summed E-state index contributed by atoms with van der Waals surface area (Å²) in [5.41, 5.74) is 23.1. The highest BCUT2D eigenvalue weighted by Gasteiger charge is 2.23. The highest BCUT2D eigenvalue weighted by Crippen LogP contribution is 2.47. The quantitative estimate of drug-likeness (QED) is 0.129. The standard InChI is InChI=1S/C51H37N3.C45H29N3.C5H5N/c1-2-15-35(16-3-1)49-43-23-8-10-25-45(43)50(46-26-11-9-24-44(46)49)38-18-12-19-39(31-38)51-53-47(37-28-27-34-14-4-5-17-36(34)30-37)32-48(54-51)42-22-7-6-21-41(42)40-20-13-29-52-33-40;1-3-14-30(15-4-1)41-28-42(31-16-5-2-6-17-31)48-45(47-41)34-20-13-19-33(27-34)43-36-21-8-10-23-38(36)44(39-24-11-9-22-37(39)43)35-26-32-18-7-12-25-40(32)46-29-35;1-2-4-6-5-3-1/h1-5,7-20,22-32,52H,6,21,33H2;1-29H;1-5H. The lowest BCUT2D eigenvalue weighted by atomic mass is 9.85. The second-order valence-electron chi connectivity index (χ2n) is 27.1. The summed E-state index contributed by atoms with van der Waals surface area (Å²) in [7, 11) is 0. The topological polar surface area (TPSA) is 89.4 Å². The minimum absolute atomic E-state index is 0.699. The van der Waals surface area contributed by atoms with Crippen LogP contribution in [0.25, 0.3) is 171 Å². The number of hydrogen-bond acceptors (Lipinski definition) is 7. The van der Waals surface area contributed by atoms with Gasteiger partial charge < -0.3 is 5.32 Å². The van der Waals surface area contributed by atoms with E-state index in [4.69, 9.17) is 24.9 Å². The third-order valence-electron chi connectivity index (χ3n) is 20.5. The fourth-order valence-corrected chi connectivity index (χ4v) is 15.5. The van der Waals surface area contributed by atoms with Crippen LogP contribution in [0.15, 0.2) is 400 Å². The molecule has 0 atom stereocenters. The van der Waals surface area contributed by atoms with Gasteiger partial charge in [-0.2, -0.15) is 0 Å². The van der Waals surface area contributed by atoms with Crippen molar-refractivity contribution < 1.29 is 0 Å². The van der Waals surface area contributed by atoms with Crippen LogP contribution in [-0.4, -0.2) is 36.4 Å². The van der Waals surface area contributed by atoms with Crippen LogP contribution in [0.5, 0.6) is 0 Å². The molecule has 510 valence electrons. The zero-order chi connectivity index (χ0) is 72.0. The summed E-state index contributed by atoms with van der Waals surface area (Å²) in [5.74, 6) is 1.41. The van der Waals surface area contributed by atoms with Gasteiger partial charge in [-0.25, -0.2) is 19.9 Å². The van der Waals surface area contributed by atoms with Crippen LogP contribution < -0.4 is 5.32 Å². The van der Waals surface area contributed by atoms with E-state index in [9.17, 15) is 0 Å². The highest BCUT2D eigenvalue weighted by molar-refractivity contribution is 6.23. The minimum atomic E-state index is 0.699. The van der Waals surface area contributed by atoms with Crippen LogP contribution in [-0.2, 0) is 0 Å². The van der Waals surface area contributed by atoms with E-state index in [2.05, 4.69) is 314 Å². The number of nitrogens with one attached hydrogen (secondary N) is 1. The molecule has 0 fully saturated rings. The molecule has 2 aliphatic rings. The molecule has 0 unspecified atom stereocenters. The third kappa shape index (κ3) is 13.3. The predicted octanol–water partition coefficient (Wildman–Crippen LogP) is 25.5. The Labute approximate surface area is 627 Å². The number of benzene rings is 14. The smallest absolute Gasteiger partial charge is 0.160 e. The molecule has 0 radical (unpaired) electrons. The molecule has 0 saturated carbocycles. The fraction of sp³-hybridized carbons (Fsp3) is 0.0297. The first kappa shape index (κ1) is 65.9. The largest absolute Gasteiger partial charge is 0.387 e. The van der Waals surface area contributed by atoms with Gasteiger partial charge in [0.25, 0.3) is 0 Å². The monoisotopic (exact) mass is 1380 g/mol. The van der Waals surface area contributed by atoms with Gasteiger partial charge in [0.15, 0.2) is 11.6 Å². The van der Waals surface area contributed by atoms with Crippen molar-refractivity contribution in [1.82, 2.24) is 35.2 Å².